The summed E-state index contributed by atoms with van der Waals surface area (Å²) in [5, 5.41) is 5.95. The zero-order chi connectivity index (χ0) is 18.1. The fraction of sp³-hybridized carbons (Fsp3) is 0.333. The molecule has 0 saturated carbocycles. The number of aromatic nitrogens is 1. The average molecular weight is 355 g/mol. The van der Waals surface area contributed by atoms with E-state index in [1.165, 1.54) is 32.9 Å². The van der Waals surface area contributed by atoms with Gasteiger partial charge in [0.15, 0.2) is 5.76 Å². The maximum absolute atomic E-state index is 13.7. The molecule has 0 bridgehead atoms. The molecule has 7 nitrogen and oxygen atoms in total. The Bertz CT molecular complexity index is 857. The lowest BCUT2D eigenvalue weighted by Crippen LogP contribution is -2.41. The summed E-state index contributed by atoms with van der Waals surface area (Å²) >= 11 is 0. The minimum absolute atomic E-state index is 0.0108. The second-order valence-corrected chi connectivity index (χ2v) is 7.12. The number of hydrogen-bond acceptors (Lipinski definition) is 5. The number of rotatable bonds is 5. The van der Waals surface area contributed by atoms with Crippen molar-refractivity contribution in [2.45, 2.75) is 38.6 Å². The SMILES string of the molecule is Cc1ccc(F)c(NC(=O)C(C)NS(=O)(=O)c2c(C)noc2C)c1. The number of sulfonamides is 1. The van der Waals surface area contributed by atoms with Gasteiger partial charge < -0.3 is 9.84 Å². The molecule has 1 heterocycles. The molecule has 24 heavy (non-hydrogen) atoms. The summed E-state index contributed by atoms with van der Waals surface area (Å²) in [6.07, 6.45) is 0. The highest BCUT2D eigenvalue weighted by molar-refractivity contribution is 7.89. The van der Waals surface area contributed by atoms with Crippen LogP contribution in [0.3, 0.4) is 0 Å². The maximum Gasteiger partial charge on any atom is 0.246 e. The van der Waals surface area contributed by atoms with Crippen molar-refractivity contribution in [2.24, 2.45) is 0 Å². The summed E-state index contributed by atoms with van der Waals surface area (Å²) in [5.74, 6) is -1.16. The van der Waals surface area contributed by atoms with Crippen LogP contribution < -0.4 is 10.0 Å². The van der Waals surface area contributed by atoms with Gasteiger partial charge in [-0.2, -0.15) is 4.72 Å². The monoisotopic (exact) mass is 355 g/mol. The first kappa shape index (κ1) is 18.1. The summed E-state index contributed by atoms with van der Waals surface area (Å²) in [6.45, 7) is 6.05. The maximum atomic E-state index is 13.7. The number of hydrogen-bond donors (Lipinski definition) is 2. The van der Waals surface area contributed by atoms with Gasteiger partial charge in [0, 0.05) is 0 Å². The van der Waals surface area contributed by atoms with Crippen LogP contribution in [-0.2, 0) is 14.8 Å². The summed E-state index contributed by atoms with van der Waals surface area (Å²) in [7, 11) is -3.99. The van der Waals surface area contributed by atoms with Crippen molar-refractivity contribution in [3.63, 3.8) is 0 Å². The van der Waals surface area contributed by atoms with Crippen LogP contribution in [0.15, 0.2) is 27.6 Å². The van der Waals surface area contributed by atoms with Gasteiger partial charge in [0.1, 0.15) is 16.4 Å². The van der Waals surface area contributed by atoms with E-state index in [1.54, 1.807) is 13.0 Å². The van der Waals surface area contributed by atoms with Crippen LogP contribution in [0.1, 0.15) is 23.9 Å². The molecule has 1 aromatic carbocycles. The van der Waals surface area contributed by atoms with Gasteiger partial charge in [-0.15, -0.1) is 0 Å². The highest BCUT2D eigenvalue weighted by Crippen LogP contribution is 2.19. The zero-order valence-corrected chi connectivity index (χ0v) is 14.5. The predicted molar refractivity (Wildman–Crippen MR) is 85.5 cm³/mol. The molecular weight excluding hydrogens is 337 g/mol. The minimum atomic E-state index is -3.99. The highest BCUT2D eigenvalue weighted by Gasteiger charge is 2.28. The molecule has 0 radical (unpaired) electrons. The molecule has 1 unspecified atom stereocenters. The minimum Gasteiger partial charge on any atom is -0.360 e. The van der Waals surface area contributed by atoms with Gasteiger partial charge in [-0.05, 0) is 45.4 Å². The Hall–Kier alpha value is -2.26. The van der Waals surface area contributed by atoms with Gasteiger partial charge >= 0.3 is 0 Å². The molecule has 130 valence electrons. The topological polar surface area (TPSA) is 101 Å². The van der Waals surface area contributed by atoms with E-state index in [9.17, 15) is 17.6 Å². The van der Waals surface area contributed by atoms with Gasteiger partial charge in [-0.25, -0.2) is 12.8 Å². The van der Waals surface area contributed by atoms with Crippen molar-refractivity contribution in [1.82, 2.24) is 9.88 Å². The standard InChI is InChI=1S/C15H18FN3O4S/c1-8-5-6-12(16)13(7-8)17-15(20)10(3)19-24(21,22)14-9(2)18-23-11(14)4/h5-7,10,19H,1-4H3,(H,17,20). The van der Waals surface area contributed by atoms with Gasteiger partial charge in [0.2, 0.25) is 15.9 Å². The van der Waals surface area contributed by atoms with E-state index in [1.807, 2.05) is 0 Å². The van der Waals surface area contributed by atoms with Crippen LogP contribution >= 0.6 is 0 Å². The van der Waals surface area contributed by atoms with Crippen molar-refractivity contribution >= 4 is 21.6 Å². The Morgan fingerprint density at radius 2 is 1.96 bits per heavy atom. The number of carbonyl (C=O) groups is 1. The quantitative estimate of drug-likeness (QED) is 0.855. The van der Waals surface area contributed by atoms with Crippen molar-refractivity contribution in [2.75, 3.05) is 5.32 Å². The van der Waals surface area contributed by atoms with E-state index in [4.69, 9.17) is 4.52 Å². The smallest absolute Gasteiger partial charge is 0.246 e. The van der Waals surface area contributed by atoms with E-state index < -0.39 is 27.8 Å². The molecule has 2 rings (SSSR count). The number of aryl methyl sites for hydroxylation is 3. The Morgan fingerprint density at radius 3 is 2.54 bits per heavy atom. The number of benzene rings is 1. The molecule has 1 amide bonds. The van der Waals surface area contributed by atoms with E-state index >= 15 is 0 Å². The fourth-order valence-corrected chi connectivity index (χ4v) is 3.71. The zero-order valence-electron chi connectivity index (χ0n) is 13.7. The molecule has 9 heteroatoms. The lowest BCUT2D eigenvalue weighted by molar-refractivity contribution is -0.117. The predicted octanol–water partition coefficient (Wildman–Crippen LogP) is 2.04. The average Bonchev–Trinajstić information content (AvgIpc) is 2.82. The van der Waals surface area contributed by atoms with Crippen LogP contribution in [0.5, 0.6) is 0 Å². The Balaban J connectivity index is 2.16. The summed E-state index contributed by atoms with van der Waals surface area (Å²) < 4.78 is 45.5. The van der Waals surface area contributed by atoms with Gasteiger partial charge in [-0.1, -0.05) is 11.2 Å². The third kappa shape index (κ3) is 3.80. The summed E-state index contributed by atoms with van der Waals surface area (Å²) in [4.78, 5) is 12.0. The molecule has 0 aliphatic heterocycles. The first-order valence-electron chi connectivity index (χ1n) is 7.14. The first-order chi connectivity index (χ1) is 11.1. The number of nitrogens with zero attached hydrogens (tertiary/aromatic N) is 1. The lowest BCUT2D eigenvalue weighted by Gasteiger charge is -2.15. The molecule has 0 fully saturated rings. The van der Waals surface area contributed by atoms with Crippen molar-refractivity contribution < 1.29 is 22.1 Å². The fourth-order valence-electron chi connectivity index (χ4n) is 2.18. The number of anilines is 1. The molecule has 2 N–H and O–H groups in total. The van der Waals surface area contributed by atoms with Crippen LogP contribution in [0.4, 0.5) is 10.1 Å². The Kier molecular flexibility index (Phi) is 5.05. The van der Waals surface area contributed by atoms with Crippen molar-refractivity contribution in [1.29, 1.82) is 0 Å². The van der Waals surface area contributed by atoms with Gasteiger partial charge in [-0.3, -0.25) is 4.79 Å². The third-order valence-electron chi connectivity index (χ3n) is 3.34. The number of carbonyl (C=O) groups excluding carboxylic acids is 1. The van der Waals surface area contributed by atoms with Crippen molar-refractivity contribution in [3.8, 4) is 0 Å². The highest BCUT2D eigenvalue weighted by atomic mass is 32.2. The second kappa shape index (κ2) is 6.70. The van der Waals surface area contributed by atoms with Crippen LogP contribution in [-0.4, -0.2) is 25.5 Å². The van der Waals surface area contributed by atoms with Crippen LogP contribution in [0, 0.1) is 26.6 Å². The Morgan fingerprint density at radius 1 is 1.29 bits per heavy atom. The van der Waals surface area contributed by atoms with Crippen LogP contribution in [0.25, 0.3) is 0 Å². The largest absolute Gasteiger partial charge is 0.360 e. The van der Waals surface area contributed by atoms with Gasteiger partial charge in [0.05, 0.1) is 11.7 Å². The molecule has 1 atom stereocenters. The van der Waals surface area contributed by atoms with Gasteiger partial charge in [0.25, 0.3) is 0 Å². The molecule has 1 aromatic heterocycles. The Labute approximate surface area is 139 Å². The number of amides is 1. The number of halogens is 1. The molecule has 0 saturated heterocycles. The summed E-state index contributed by atoms with van der Waals surface area (Å²) in [5.41, 5.74) is 0.941. The molecule has 0 aliphatic rings. The molecule has 0 aliphatic carbocycles. The lowest BCUT2D eigenvalue weighted by atomic mass is 10.2. The molecular formula is C15H18FN3O4S. The van der Waals surface area contributed by atoms with E-state index in [2.05, 4.69) is 15.2 Å². The van der Waals surface area contributed by atoms with E-state index in [0.29, 0.717) is 0 Å². The number of nitrogens with one attached hydrogen (secondary N) is 2. The van der Waals surface area contributed by atoms with E-state index in [-0.39, 0.29) is 22.0 Å². The molecule has 2 aromatic rings. The summed E-state index contributed by atoms with van der Waals surface area (Å²) in [6, 6.07) is 3.13. The second-order valence-electron chi connectivity index (χ2n) is 5.47. The van der Waals surface area contributed by atoms with Crippen molar-refractivity contribution in [3.05, 3.63) is 41.0 Å². The van der Waals surface area contributed by atoms with E-state index in [0.717, 1.165) is 5.56 Å². The molecule has 0 spiro atoms. The van der Waals surface area contributed by atoms with Crippen LogP contribution in [0.2, 0.25) is 0 Å². The third-order valence-corrected chi connectivity index (χ3v) is 5.13. The first-order valence-corrected chi connectivity index (χ1v) is 8.62. The normalized spacial score (nSPS) is 12.9.